The molecule has 0 saturated heterocycles. The number of aryl methyl sites for hydroxylation is 2. The molecular formula is C21H24N2O. The highest BCUT2D eigenvalue weighted by molar-refractivity contribution is 5.92. The highest BCUT2D eigenvalue weighted by atomic mass is 16.5. The molecule has 2 aromatic carbocycles. The molecule has 3 heteroatoms. The van der Waals surface area contributed by atoms with E-state index in [0.717, 1.165) is 16.5 Å². The summed E-state index contributed by atoms with van der Waals surface area (Å²) in [6.45, 7) is 7.64. The summed E-state index contributed by atoms with van der Waals surface area (Å²) in [7, 11) is 2.10. The lowest BCUT2D eigenvalue weighted by Crippen LogP contribution is -2.02. The Hall–Kier alpha value is -2.55. The van der Waals surface area contributed by atoms with Crippen LogP contribution in [-0.4, -0.2) is 11.2 Å². The van der Waals surface area contributed by atoms with Gasteiger partial charge in [-0.15, -0.1) is 0 Å². The molecule has 1 heterocycles. The Morgan fingerprint density at radius 2 is 1.62 bits per heavy atom. The van der Waals surface area contributed by atoms with Crippen LogP contribution in [0.4, 0.5) is 0 Å². The average molecular weight is 320 g/mol. The number of hydrogen-bond acceptors (Lipinski definition) is 2. The van der Waals surface area contributed by atoms with Crippen LogP contribution >= 0.6 is 0 Å². The molecule has 0 spiro atoms. The number of aromatic nitrogens is 1. The first-order valence-electron chi connectivity index (χ1n) is 8.39. The first kappa shape index (κ1) is 16.3. The predicted octanol–water partition coefficient (Wildman–Crippen LogP) is 4.29. The van der Waals surface area contributed by atoms with E-state index in [4.69, 9.17) is 9.73 Å². The highest BCUT2D eigenvalue weighted by Crippen LogP contribution is 2.29. The summed E-state index contributed by atoms with van der Waals surface area (Å²) in [6.07, 6.45) is 0. The van der Waals surface area contributed by atoms with Crippen LogP contribution in [0.3, 0.4) is 0 Å². The molecule has 0 saturated carbocycles. The topological polar surface area (TPSA) is 26.5 Å². The third-order valence-electron chi connectivity index (χ3n) is 4.56. The van der Waals surface area contributed by atoms with Crippen LogP contribution in [-0.2, 0) is 13.6 Å². The van der Waals surface area contributed by atoms with Crippen LogP contribution in [0, 0.1) is 13.8 Å². The second kappa shape index (κ2) is 6.91. The van der Waals surface area contributed by atoms with Crippen molar-refractivity contribution >= 4 is 10.8 Å². The van der Waals surface area contributed by atoms with Crippen LogP contribution in [0.2, 0.25) is 0 Å². The van der Waals surface area contributed by atoms with Crippen molar-refractivity contribution in [1.82, 2.24) is 4.57 Å². The van der Waals surface area contributed by atoms with Gasteiger partial charge in [0.1, 0.15) is 5.75 Å². The molecular weight excluding hydrogens is 296 g/mol. The van der Waals surface area contributed by atoms with Gasteiger partial charge >= 0.3 is 0 Å². The quantitative estimate of drug-likeness (QED) is 0.704. The third-order valence-corrected chi connectivity index (χ3v) is 4.56. The minimum absolute atomic E-state index is 0.656. The zero-order valence-electron chi connectivity index (χ0n) is 14.8. The van der Waals surface area contributed by atoms with Crippen LogP contribution in [0.15, 0.2) is 53.5 Å². The summed E-state index contributed by atoms with van der Waals surface area (Å²) in [4.78, 5) is 4.89. The minimum Gasteiger partial charge on any atom is -0.493 e. The molecule has 24 heavy (non-hydrogen) atoms. The summed E-state index contributed by atoms with van der Waals surface area (Å²) in [5, 5.41) is 3.36. The minimum atomic E-state index is 0.656. The van der Waals surface area contributed by atoms with Crippen LogP contribution in [0.25, 0.3) is 10.8 Å². The van der Waals surface area contributed by atoms with Crippen LogP contribution in [0.5, 0.6) is 5.75 Å². The van der Waals surface area contributed by atoms with E-state index in [1.165, 1.54) is 22.3 Å². The lowest BCUT2D eigenvalue weighted by molar-refractivity contribution is 0.344. The van der Waals surface area contributed by atoms with Gasteiger partial charge in [-0.1, -0.05) is 36.4 Å². The van der Waals surface area contributed by atoms with Gasteiger partial charge in [-0.25, -0.2) is 0 Å². The van der Waals surface area contributed by atoms with Gasteiger partial charge in [-0.05, 0) is 38.5 Å². The lowest BCUT2D eigenvalue weighted by atomic mass is 10.2. The third kappa shape index (κ3) is 2.94. The van der Waals surface area contributed by atoms with Gasteiger partial charge in [0.15, 0.2) is 0 Å². The van der Waals surface area contributed by atoms with E-state index in [2.05, 4.69) is 55.8 Å². The zero-order chi connectivity index (χ0) is 17.1. The molecule has 0 amide bonds. The fraction of sp³-hybridized carbons (Fsp3) is 0.286. The maximum absolute atomic E-state index is 5.89. The Bertz CT molecular complexity index is 924. The van der Waals surface area contributed by atoms with Crippen molar-refractivity contribution in [2.45, 2.75) is 27.3 Å². The van der Waals surface area contributed by atoms with Crippen molar-refractivity contribution < 1.29 is 4.74 Å². The molecule has 3 aromatic rings. The number of ether oxygens (including phenoxy) is 1. The Kier molecular flexibility index (Phi) is 4.70. The smallest absolute Gasteiger partial charge is 0.128 e. The van der Waals surface area contributed by atoms with E-state index < -0.39 is 0 Å². The van der Waals surface area contributed by atoms with E-state index in [-0.39, 0.29) is 0 Å². The van der Waals surface area contributed by atoms with Gasteiger partial charge in [-0.2, -0.15) is 0 Å². The fourth-order valence-electron chi connectivity index (χ4n) is 3.12. The molecule has 1 aromatic heterocycles. The van der Waals surface area contributed by atoms with E-state index in [0.29, 0.717) is 13.2 Å². The molecule has 0 radical (unpaired) electrons. The molecule has 0 aliphatic rings. The molecule has 0 aliphatic heterocycles. The predicted molar refractivity (Wildman–Crippen MR) is 99.3 cm³/mol. The zero-order valence-corrected chi connectivity index (χ0v) is 14.8. The van der Waals surface area contributed by atoms with Gasteiger partial charge < -0.3 is 9.30 Å². The maximum Gasteiger partial charge on any atom is 0.128 e. The molecule has 0 fully saturated rings. The van der Waals surface area contributed by atoms with Gasteiger partial charge in [0, 0.05) is 29.2 Å². The van der Waals surface area contributed by atoms with Crippen molar-refractivity contribution in [2.75, 3.05) is 6.61 Å². The van der Waals surface area contributed by atoms with Gasteiger partial charge in [0.05, 0.1) is 18.5 Å². The molecule has 124 valence electrons. The highest BCUT2D eigenvalue weighted by Gasteiger charge is 2.13. The number of rotatable bonds is 4. The molecule has 3 rings (SSSR count). The summed E-state index contributed by atoms with van der Waals surface area (Å²) in [6, 6.07) is 16.5. The number of benzene rings is 1. The number of fused-ring (bicyclic) bond motifs is 1. The second-order valence-corrected chi connectivity index (χ2v) is 5.99. The molecule has 0 aliphatic carbocycles. The van der Waals surface area contributed by atoms with Gasteiger partial charge in [-0.3, -0.25) is 4.99 Å². The first-order chi connectivity index (χ1) is 11.6. The summed E-state index contributed by atoms with van der Waals surface area (Å²) < 4.78 is 8.11. The van der Waals surface area contributed by atoms with E-state index in [9.17, 15) is 0 Å². The normalized spacial score (nSPS) is 11.9. The summed E-state index contributed by atoms with van der Waals surface area (Å²) >= 11 is 0. The summed E-state index contributed by atoms with van der Waals surface area (Å²) in [5.41, 5.74) is 3.64. The van der Waals surface area contributed by atoms with Crippen molar-refractivity contribution in [1.29, 1.82) is 0 Å². The first-order valence-corrected chi connectivity index (χ1v) is 8.39. The monoisotopic (exact) mass is 320 g/mol. The van der Waals surface area contributed by atoms with Crippen molar-refractivity contribution in [3.8, 4) is 5.75 Å². The number of nitrogens with zero attached hydrogens (tertiary/aromatic N) is 2. The second-order valence-electron chi connectivity index (χ2n) is 5.99. The van der Waals surface area contributed by atoms with E-state index in [1.807, 2.05) is 25.1 Å². The molecule has 0 atom stereocenters. The van der Waals surface area contributed by atoms with Gasteiger partial charge in [0.2, 0.25) is 0 Å². The van der Waals surface area contributed by atoms with Gasteiger partial charge in [0.25, 0.3) is 0 Å². The molecule has 0 unspecified atom stereocenters. The Labute approximate surface area is 143 Å². The average Bonchev–Trinajstić information content (AvgIpc) is 2.75. The van der Waals surface area contributed by atoms with Crippen LogP contribution < -0.4 is 10.1 Å². The maximum atomic E-state index is 5.89. The molecule has 0 bridgehead atoms. The SMILES string of the molecule is CCOc1cccc(=NCc2ccccc2)c2c(C)n(C)c(C)c12. The standard InChI is InChI=1S/C21H24N2O/c1-5-24-19-13-9-12-18(22-14-17-10-7-6-8-11-17)20-15(2)23(4)16(3)21(19)20/h6-13H,5,14H2,1-4H3. The lowest BCUT2D eigenvalue weighted by Gasteiger charge is -2.03. The largest absolute Gasteiger partial charge is 0.493 e. The summed E-state index contributed by atoms with van der Waals surface area (Å²) in [5.74, 6) is 0.926. The molecule has 3 nitrogen and oxygen atoms in total. The molecule has 0 N–H and O–H groups in total. The van der Waals surface area contributed by atoms with Crippen molar-refractivity contribution in [3.05, 3.63) is 70.8 Å². The van der Waals surface area contributed by atoms with Crippen LogP contribution in [0.1, 0.15) is 23.9 Å². The van der Waals surface area contributed by atoms with Crippen molar-refractivity contribution in [2.24, 2.45) is 12.0 Å². The van der Waals surface area contributed by atoms with Crippen molar-refractivity contribution in [3.63, 3.8) is 0 Å². The number of hydrogen-bond donors (Lipinski definition) is 0. The van der Waals surface area contributed by atoms with E-state index in [1.54, 1.807) is 0 Å². The van der Waals surface area contributed by atoms with E-state index >= 15 is 0 Å². The Balaban J connectivity index is 2.26. The Morgan fingerprint density at radius 1 is 0.917 bits per heavy atom. The Morgan fingerprint density at radius 3 is 2.33 bits per heavy atom. The fourth-order valence-corrected chi connectivity index (χ4v) is 3.12.